The van der Waals surface area contributed by atoms with E-state index < -0.39 is 24.3 Å². The Bertz CT molecular complexity index is 1300. The van der Waals surface area contributed by atoms with Gasteiger partial charge >= 0.3 is 0 Å². The number of hydrogen-bond acceptors (Lipinski definition) is 5. The number of carbonyl (C=O) groups is 3. The standard InChI is InChI=1S/C24H16N2O4/c1-14-19(23(29)26(13-22(27)28)24(30)21(14)12-25)11-20-17-8-4-2-6-15(17)10-16-7-3-5-9-18(16)20/h2-11H,13H2,1H3,(H,27,28)/p-1/b19-11-. The number of nitrogens with zero attached hydrogens (tertiary/aromatic N) is 2. The molecule has 3 aromatic carbocycles. The van der Waals surface area contributed by atoms with Crippen LogP contribution in [0.5, 0.6) is 0 Å². The van der Waals surface area contributed by atoms with Crippen LogP contribution in [0.25, 0.3) is 27.6 Å². The van der Waals surface area contributed by atoms with Gasteiger partial charge in [0.2, 0.25) is 0 Å². The van der Waals surface area contributed by atoms with Gasteiger partial charge in [-0.05, 0) is 51.7 Å². The minimum Gasteiger partial charge on any atom is -0.548 e. The molecule has 0 atom stereocenters. The molecule has 0 fully saturated rings. The first-order valence-corrected chi connectivity index (χ1v) is 9.22. The van der Waals surface area contributed by atoms with Gasteiger partial charge in [0.1, 0.15) is 11.6 Å². The maximum Gasteiger partial charge on any atom is 0.272 e. The summed E-state index contributed by atoms with van der Waals surface area (Å²) in [6, 6.07) is 19.2. The van der Waals surface area contributed by atoms with Crippen molar-refractivity contribution in [3.63, 3.8) is 0 Å². The van der Waals surface area contributed by atoms with Crippen molar-refractivity contribution < 1.29 is 19.5 Å². The van der Waals surface area contributed by atoms with Crippen LogP contribution in [0.3, 0.4) is 0 Å². The van der Waals surface area contributed by atoms with Crippen LogP contribution in [0.4, 0.5) is 0 Å². The van der Waals surface area contributed by atoms with Gasteiger partial charge in [-0.25, -0.2) is 0 Å². The predicted octanol–water partition coefficient (Wildman–Crippen LogP) is 2.34. The van der Waals surface area contributed by atoms with Gasteiger partial charge in [0, 0.05) is 5.57 Å². The molecule has 1 heterocycles. The van der Waals surface area contributed by atoms with E-state index in [4.69, 9.17) is 0 Å². The fraction of sp³-hybridized carbons (Fsp3) is 0.0833. The summed E-state index contributed by atoms with van der Waals surface area (Å²) in [5.74, 6) is -3.27. The lowest BCUT2D eigenvalue weighted by Crippen LogP contribution is -2.48. The zero-order chi connectivity index (χ0) is 21.4. The summed E-state index contributed by atoms with van der Waals surface area (Å²) in [6.07, 6.45) is 1.63. The quantitative estimate of drug-likeness (QED) is 0.385. The van der Waals surface area contributed by atoms with Crippen LogP contribution in [0.2, 0.25) is 0 Å². The third kappa shape index (κ3) is 3.03. The lowest BCUT2D eigenvalue weighted by Gasteiger charge is -2.27. The Labute approximate surface area is 171 Å². The molecule has 0 N–H and O–H groups in total. The van der Waals surface area contributed by atoms with E-state index in [0.29, 0.717) is 4.90 Å². The van der Waals surface area contributed by atoms with Gasteiger partial charge in [-0.1, -0.05) is 48.5 Å². The summed E-state index contributed by atoms with van der Waals surface area (Å²) in [5.41, 5.74) is 0.825. The van der Waals surface area contributed by atoms with Crippen molar-refractivity contribution in [3.8, 4) is 6.07 Å². The molecule has 4 rings (SSSR count). The molecule has 0 aliphatic carbocycles. The highest BCUT2D eigenvalue weighted by molar-refractivity contribution is 6.21. The molecular formula is C24H15N2O4-. The minimum atomic E-state index is -1.58. The number of hydrogen-bond donors (Lipinski definition) is 0. The molecule has 6 nitrogen and oxygen atoms in total. The number of carboxylic acid groups (broad SMARTS) is 1. The van der Waals surface area contributed by atoms with E-state index in [1.165, 1.54) is 6.92 Å². The first-order chi connectivity index (χ1) is 14.4. The molecule has 0 spiro atoms. The summed E-state index contributed by atoms with van der Waals surface area (Å²) in [7, 11) is 0. The second-order valence-corrected chi connectivity index (χ2v) is 6.97. The van der Waals surface area contributed by atoms with Crippen molar-refractivity contribution in [1.29, 1.82) is 5.26 Å². The third-order valence-corrected chi connectivity index (χ3v) is 5.21. The molecule has 30 heavy (non-hydrogen) atoms. The Morgan fingerprint density at radius 3 is 2.13 bits per heavy atom. The smallest absolute Gasteiger partial charge is 0.272 e. The van der Waals surface area contributed by atoms with Crippen molar-refractivity contribution in [2.45, 2.75) is 6.92 Å². The topological polar surface area (TPSA) is 101 Å². The van der Waals surface area contributed by atoms with Gasteiger partial charge in [0.05, 0.1) is 12.5 Å². The number of carbonyl (C=O) groups excluding carboxylic acids is 3. The monoisotopic (exact) mass is 395 g/mol. The Morgan fingerprint density at radius 2 is 1.60 bits per heavy atom. The van der Waals surface area contributed by atoms with Gasteiger partial charge in [0.15, 0.2) is 0 Å². The molecule has 6 heteroatoms. The fourth-order valence-corrected chi connectivity index (χ4v) is 3.75. The second kappa shape index (κ2) is 7.30. The summed E-state index contributed by atoms with van der Waals surface area (Å²) in [5, 5.41) is 24.2. The van der Waals surface area contributed by atoms with Crippen LogP contribution in [-0.4, -0.2) is 29.2 Å². The van der Waals surface area contributed by atoms with Gasteiger partial charge in [-0.15, -0.1) is 0 Å². The molecular weight excluding hydrogens is 380 g/mol. The van der Waals surface area contributed by atoms with E-state index in [9.17, 15) is 24.8 Å². The molecule has 0 saturated carbocycles. The van der Waals surface area contributed by atoms with Crippen molar-refractivity contribution >= 4 is 45.4 Å². The highest BCUT2D eigenvalue weighted by atomic mass is 16.4. The van der Waals surface area contributed by atoms with E-state index >= 15 is 0 Å². The second-order valence-electron chi connectivity index (χ2n) is 6.97. The van der Waals surface area contributed by atoms with Crippen LogP contribution in [0.15, 0.2) is 71.3 Å². The normalized spacial score (nSPS) is 15.9. The van der Waals surface area contributed by atoms with E-state index in [1.807, 2.05) is 54.6 Å². The molecule has 0 unspecified atom stereocenters. The number of fused-ring (bicyclic) bond motifs is 2. The zero-order valence-corrected chi connectivity index (χ0v) is 16.0. The van der Waals surface area contributed by atoms with Crippen LogP contribution in [0, 0.1) is 11.3 Å². The molecule has 1 aliphatic rings. The SMILES string of the molecule is CC1=C(C#N)C(=O)N(CC(=O)[O-])C(=O)/C1=C\c1c2ccccc2cc2ccccc12. The molecule has 0 bridgehead atoms. The lowest BCUT2D eigenvalue weighted by atomic mass is 9.90. The number of carboxylic acids is 1. The Morgan fingerprint density at radius 1 is 1.03 bits per heavy atom. The van der Waals surface area contributed by atoms with Crippen molar-refractivity contribution in [3.05, 3.63) is 76.9 Å². The van der Waals surface area contributed by atoms with E-state index in [0.717, 1.165) is 27.1 Å². The molecule has 0 saturated heterocycles. The van der Waals surface area contributed by atoms with Crippen LogP contribution >= 0.6 is 0 Å². The number of amides is 2. The van der Waals surface area contributed by atoms with Crippen LogP contribution < -0.4 is 5.11 Å². The van der Waals surface area contributed by atoms with Crippen LogP contribution in [-0.2, 0) is 14.4 Å². The molecule has 0 aromatic heterocycles. The van der Waals surface area contributed by atoms with Gasteiger partial charge < -0.3 is 9.90 Å². The third-order valence-electron chi connectivity index (χ3n) is 5.21. The van der Waals surface area contributed by atoms with Crippen molar-refractivity contribution in [2.75, 3.05) is 6.54 Å². The molecule has 146 valence electrons. The zero-order valence-electron chi connectivity index (χ0n) is 16.0. The largest absolute Gasteiger partial charge is 0.548 e. The van der Waals surface area contributed by atoms with Gasteiger partial charge in [0.25, 0.3) is 11.8 Å². The molecule has 3 aromatic rings. The van der Waals surface area contributed by atoms with E-state index in [-0.39, 0.29) is 16.7 Å². The average molecular weight is 395 g/mol. The summed E-state index contributed by atoms with van der Waals surface area (Å²) < 4.78 is 0. The lowest BCUT2D eigenvalue weighted by molar-refractivity contribution is -0.305. The van der Waals surface area contributed by atoms with E-state index in [2.05, 4.69) is 0 Å². The first kappa shape index (κ1) is 19.1. The fourth-order valence-electron chi connectivity index (χ4n) is 3.75. The predicted molar refractivity (Wildman–Crippen MR) is 109 cm³/mol. The molecule has 1 aliphatic heterocycles. The molecule has 2 amide bonds. The van der Waals surface area contributed by atoms with Crippen LogP contribution in [0.1, 0.15) is 12.5 Å². The summed E-state index contributed by atoms with van der Waals surface area (Å²) in [6.45, 7) is 0.605. The van der Waals surface area contributed by atoms with E-state index in [1.54, 1.807) is 12.1 Å². The number of nitriles is 1. The van der Waals surface area contributed by atoms with Crippen molar-refractivity contribution in [1.82, 2.24) is 4.90 Å². The molecule has 0 radical (unpaired) electrons. The summed E-state index contributed by atoms with van der Waals surface area (Å²) in [4.78, 5) is 37.1. The Hall–Kier alpha value is -4.24. The highest BCUT2D eigenvalue weighted by Crippen LogP contribution is 2.33. The Kier molecular flexibility index (Phi) is 4.65. The van der Waals surface area contributed by atoms with Gasteiger partial charge in [-0.3, -0.25) is 14.5 Å². The number of rotatable bonds is 3. The highest BCUT2D eigenvalue weighted by Gasteiger charge is 2.35. The summed E-state index contributed by atoms with van der Waals surface area (Å²) >= 11 is 0. The van der Waals surface area contributed by atoms with Gasteiger partial charge in [-0.2, -0.15) is 5.26 Å². The number of imide groups is 1. The Balaban J connectivity index is 2.04. The maximum atomic E-state index is 13.0. The minimum absolute atomic E-state index is 0.105. The number of aliphatic carboxylic acids is 1. The average Bonchev–Trinajstić information content (AvgIpc) is 2.73. The number of benzene rings is 3. The first-order valence-electron chi connectivity index (χ1n) is 9.22. The van der Waals surface area contributed by atoms with Crippen molar-refractivity contribution in [2.24, 2.45) is 0 Å². The maximum absolute atomic E-state index is 13.0.